The molecule has 0 spiro atoms. The molecule has 2 aromatic carbocycles. The molecule has 4 aliphatic rings. The molecule has 4 N–H and O–H groups in total. The minimum absolute atomic E-state index is 0.0353. The van der Waals surface area contributed by atoms with E-state index in [1.807, 2.05) is 13.8 Å². The van der Waals surface area contributed by atoms with Crippen LogP contribution in [0.15, 0.2) is 58.7 Å². The van der Waals surface area contributed by atoms with Crippen LogP contribution in [-0.2, 0) is 25.9 Å². The first-order chi connectivity index (χ1) is 28.4. The van der Waals surface area contributed by atoms with E-state index >= 15 is 0 Å². The lowest BCUT2D eigenvalue weighted by Crippen LogP contribution is -2.49. The Morgan fingerprint density at radius 2 is 1.02 bits per heavy atom. The van der Waals surface area contributed by atoms with Crippen molar-refractivity contribution in [1.29, 1.82) is 0 Å². The standard InChI is InChI=1S/C50H68N2O8/c1-31(2)15-11-17-33(5)19-13-21-49(7)43(55)27-37-41(53)25-35-39(45(37)59-49)29-51(47(35)57)23-9-10-24-52-30-40-36(48(52)58)26-42(54)38-28-44(56)50(8,60-46(38)40)22-14-20-34(6)18-12-16-32(3)4/h15-16,19-20,25-26,43-44,53-56H,9-14,17-18,21-24,27-30H2,1-8H3/b33-19+,34-20+/t43-,44?,49-,50-/m0/s1. The van der Waals surface area contributed by atoms with Gasteiger partial charge in [0, 0.05) is 48.2 Å². The van der Waals surface area contributed by atoms with Gasteiger partial charge in [-0.25, -0.2) is 0 Å². The molecule has 60 heavy (non-hydrogen) atoms. The highest BCUT2D eigenvalue weighted by Gasteiger charge is 2.46. The summed E-state index contributed by atoms with van der Waals surface area (Å²) in [7, 11) is 0. The summed E-state index contributed by atoms with van der Waals surface area (Å²) in [6.07, 6.45) is 15.7. The second kappa shape index (κ2) is 18.6. The Morgan fingerprint density at radius 3 is 1.38 bits per heavy atom. The first-order valence-corrected chi connectivity index (χ1v) is 22.1. The average molecular weight is 825 g/mol. The third kappa shape index (κ3) is 9.81. The number of phenols is 2. The number of aromatic hydroxyl groups is 2. The van der Waals surface area contributed by atoms with Crippen LogP contribution in [0.4, 0.5) is 0 Å². The fourth-order valence-corrected chi connectivity index (χ4v) is 9.08. The van der Waals surface area contributed by atoms with Gasteiger partial charge in [0.1, 0.15) is 34.2 Å². The van der Waals surface area contributed by atoms with Crippen LogP contribution < -0.4 is 9.47 Å². The van der Waals surface area contributed by atoms with Crippen molar-refractivity contribution < 1.29 is 39.5 Å². The molecule has 10 nitrogen and oxygen atoms in total. The molecule has 2 aromatic rings. The van der Waals surface area contributed by atoms with Crippen molar-refractivity contribution in [3.63, 3.8) is 0 Å². The highest BCUT2D eigenvalue weighted by molar-refractivity contribution is 6.00. The Kier molecular flexibility index (Phi) is 14.0. The Hall–Kier alpha value is -4.54. The van der Waals surface area contributed by atoms with Gasteiger partial charge in [0.2, 0.25) is 0 Å². The summed E-state index contributed by atoms with van der Waals surface area (Å²) < 4.78 is 13.2. The number of rotatable bonds is 17. The molecule has 0 radical (unpaired) electrons. The van der Waals surface area contributed by atoms with Crippen LogP contribution in [0.5, 0.6) is 23.0 Å². The first kappa shape index (κ1) is 45.0. The number of ether oxygens (including phenoxy) is 2. The number of amides is 2. The predicted octanol–water partition coefficient (Wildman–Crippen LogP) is 9.54. The van der Waals surface area contributed by atoms with E-state index in [2.05, 4.69) is 65.8 Å². The lowest BCUT2D eigenvalue weighted by atomic mass is 9.84. The highest BCUT2D eigenvalue weighted by atomic mass is 16.5. The lowest BCUT2D eigenvalue weighted by Gasteiger charge is -2.41. The van der Waals surface area contributed by atoms with Crippen molar-refractivity contribution in [2.45, 2.75) is 169 Å². The molecule has 1 unspecified atom stereocenters. The second-order valence-electron chi connectivity index (χ2n) is 18.7. The van der Waals surface area contributed by atoms with E-state index in [1.54, 1.807) is 9.80 Å². The fraction of sp³-hybridized carbons (Fsp3) is 0.560. The summed E-state index contributed by atoms with van der Waals surface area (Å²) >= 11 is 0. The van der Waals surface area contributed by atoms with Gasteiger partial charge in [-0.1, -0.05) is 46.6 Å². The predicted molar refractivity (Wildman–Crippen MR) is 236 cm³/mol. The van der Waals surface area contributed by atoms with Crippen LogP contribution >= 0.6 is 0 Å². The molecule has 0 aromatic heterocycles. The van der Waals surface area contributed by atoms with Crippen molar-refractivity contribution in [1.82, 2.24) is 9.80 Å². The van der Waals surface area contributed by atoms with E-state index in [-0.39, 0.29) is 36.2 Å². The zero-order valence-electron chi connectivity index (χ0n) is 37.2. The SMILES string of the molecule is CC(C)=CCC/C(C)=C/CC[C@]1(C)Oc2c(c(O)cc3c2CN(CCCCN2Cc4c(cc(O)c5c4O[C@@](C)(CC/C=C(\C)CCC=C(C)C)[C@@H](O)C5)C2=O)C3=O)CC1O. The zero-order valence-corrected chi connectivity index (χ0v) is 37.2. The number of aliphatic hydroxyl groups is 2. The van der Waals surface area contributed by atoms with Crippen LogP contribution in [0, 0.1) is 0 Å². The number of aliphatic hydroxyl groups excluding tert-OH is 2. The van der Waals surface area contributed by atoms with Crippen LogP contribution in [0.1, 0.15) is 163 Å². The van der Waals surface area contributed by atoms with Crippen molar-refractivity contribution >= 4 is 11.8 Å². The monoisotopic (exact) mass is 824 g/mol. The third-order valence-corrected chi connectivity index (χ3v) is 13.1. The third-order valence-electron chi connectivity index (χ3n) is 13.1. The molecule has 10 heteroatoms. The summed E-state index contributed by atoms with van der Waals surface area (Å²) in [5, 5.41) is 44.4. The molecule has 2 amide bonds. The number of hydrogen-bond donors (Lipinski definition) is 4. The van der Waals surface area contributed by atoms with Crippen LogP contribution in [0.25, 0.3) is 0 Å². The molecule has 0 fully saturated rings. The molecule has 4 heterocycles. The molecular formula is C50H68N2O8. The maximum atomic E-state index is 13.7. The highest BCUT2D eigenvalue weighted by Crippen LogP contribution is 2.48. The molecule has 326 valence electrons. The number of carbonyl (C=O) groups excluding carboxylic acids is 2. The number of nitrogens with zero attached hydrogens (tertiary/aromatic N) is 2. The first-order valence-electron chi connectivity index (χ1n) is 22.1. The minimum atomic E-state index is -0.872. The molecule has 0 aliphatic carbocycles. The van der Waals surface area contributed by atoms with E-state index in [0.717, 1.165) is 49.7 Å². The summed E-state index contributed by atoms with van der Waals surface area (Å²) in [6.45, 7) is 18.1. The van der Waals surface area contributed by atoms with Crippen molar-refractivity contribution in [2.75, 3.05) is 13.1 Å². The van der Waals surface area contributed by atoms with Crippen molar-refractivity contribution in [2.24, 2.45) is 0 Å². The van der Waals surface area contributed by atoms with Gasteiger partial charge < -0.3 is 39.7 Å². The largest absolute Gasteiger partial charge is 0.508 e. The second-order valence-corrected chi connectivity index (χ2v) is 18.7. The summed E-state index contributed by atoms with van der Waals surface area (Å²) in [6, 6.07) is 3.03. The Labute approximate surface area is 357 Å². The number of carbonyl (C=O) groups is 2. The summed E-state index contributed by atoms with van der Waals surface area (Å²) in [5.74, 6) is 0.615. The van der Waals surface area contributed by atoms with Gasteiger partial charge in [-0.3, -0.25) is 9.59 Å². The van der Waals surface area contributed by atoms with Crippen LogP contribution in [0.3, 0.4) is 0 Å². The van der Waals surface area contributed by atoms with Gasteiger partial charge >= 0.3 is 0 Å². The molecule has 0 bridgehead atoms. The van der Waals surface area contributed by atoms with Gasteiger partial charge in [-0.15, -0.1) is 0 Å². The van der Waals surface area contributed by atoms with Gasteiger partial charge in [0.15, 0.2) is 0 Å². The van der Waals surface area contributed by atoms with E-state index in [9.17, 15) is 30.0 Å². The quantitative estimate of drug-likeness (QED) is 0.0914. The maximum Gasteiger partial charge on any atom is 0.254 e. The van der Waals surface area contributed by atoms with Gasteiger partial charge in [-0.05, 0) is 132 Å². The number of hydrogen-bond acceptors (Lipinski definition) is 8. The number of unbranched alkanes of at least 4 members (excludes halogenated alkanes) is 1. The summed E-state index contributed by atoms with van der Waals surface area (Å²) in [5.41, 5.74) is 6.90. The van der Waals surface area contributed by atoms with Gasteiger partial charge in [0.05, 0.1) is 36.4 Å². The molecule has 0 saturated heterocycles. The van der Waals surface area contributed by atoms with Gasteiger partial charge in [-0.2, -0.15) is 0 Å². The van der Waals surface area contributed by atoms with Crippen molar-refractivity contribution in [3.05, 3.63) is 92.1 Å². The van der Waals surface area contributed by atoms with Gasteiger partial charge in [0.25, 0.3) is 11.8 Å². The topological polar surface area (TPSA) is 140 Å². The van der Waals surface area contributed by atoms with Crippen LogP contribution in [-0.4, -0.2) is 78.5 Å². The zero-order chi connectivity index (χ0) is 43.5. The number of benzene rings is 2. The van der Waals surface area contributed by atoms with Crippen LogP contribution in [0.2, 0.25) is 0 Å². The Bertz CT molecular complexity index is 1940. The van der Waals surface area contributed by atoms with E-state index in [4.69, 9.17) is 9.47 Å². The number of fused-ring (bicyclic) bond motifs is 6. The summed E-state index contributed by atoms with van der Waals surface area (Å²) in [4.78, 5) is 30.9. The van der Waals surface area contributed by atoms with E-state index < -0.39 is 23.4 Å². The van der Waals surface area contributed by atoms with E-state index in [0.29, 0.717) is 85.6 Å². The number of allylic oxidation sites excluding steroid dienone is 8. The fourth-order valence-electron chi connectivity index (χ4n) is 9.08. The number of phenolic OH excluding ortho intramolecular Hbond substituents is 2. The average Bonchev–Trinajstić information content (AvgIpc) is 3.66. The molecule has 0 saturated carbocycles. The minimum Gasteiger partial charge on any atom is -0.508 e. The Balaban J connectivity index is 1.05. The smallest absolute Gasteiger partial charge is 0.254 e. The normalized spacial score (nSPS) is 23.4. The Morgan fingerprint density at radius 1 is 0.633 bits per heavy atom. The van der Waals surface area contributed by atoms with E-state index in [1.165, 1.54) is 34.4 Å². The maximum absolute atomic E-state index is 13.7. The lowest BCUT2D eigenvalue weighted by molar-refractivity contribution is -0.0599. The molecular weight excluding hydrogens is 757 g/mol. The van der Waals surface area contributed by atoms with Crippen molar-refractivity contribution in [3.8, 4) is 23.0 Å². The molecule has 6 rings (SSSR count). The molecule has 4 atom stereocenters. The molecule has 4 aliphatic heterocycles.